The number of amides is 1. The third kappa shape index (κ3) is 2.45. The summed E-state index contributed by atoms with van der Waals surface area (Å²) in [5.41, 5.74) is 0. The van der Waals surface area contributed by atoms with Crippen molar-refractivity contribution >= 4 is 5.91 Å². The Morgan fingerprint density at radius 1 is 1.21 bits per heavy atom. The summed E-state index contributed by atoms with van der Waals surface area (Å²) < 4.78 is 0. The van der Waals surface area contributed by atoms with E-state index in [1.54, 1.807) is 0 Å². The summed E-state index contributed by atoms with van der Waals surface area (Å²) in [4.78, 5) is 15.0. The van der Waals surface area contributed by atoms with Gasteiger partial charge in [0.25, 0.3) is 0 Å². The molecule has 2 aliphatic carbocycles. The fourth-order valence-electron chi connectivity index (χ4n) is 4.41. The lowest BCUT2D eigenvalue weighted by Gasteiger charge is -2.32. The molecule has 0 aromatic heterocycles. The van der Waals surface area contributed by atoms with E-state index in [9.17, 15) is 4.79 Å². The van der Waals surface area contributed by atoms with Crippen LogP contribution in [-0.2, 0) is 4.79 Å². The van der Waals surface area contributed by atoms with Crippen LogP contribution in [0.3, 0.4) is 0 Å². The van der Waals surface area contributed by atoms with E-state index in [1.165, 1.54) is 44.9 Å². The highest BCUT2D eigenvalue weighted by Crippen LogP contribution is 2.38. The molecule has 2 saturated carbocycles. The first-order valence-electron chi connectivity index (χ1n) is 7.96. The second-order valence-corrected chi connectivity index (χ2v) is 6.46. The van der Waals surface area contributed by atoms with Gasteiger partial charge in [-0.15, -0.1) is 6.58 Å². The number of nitrogens with one attached hydrogen (secondary N) is 1. The smallest absolute Gasteiger partial charge is 0.240 e. The van der Waals surface area contributed by atoms with Gasteiger partial charge in [0.05, 0.1) is 6.04 Å². The lowest BCUT2D eigenvalue weighted by atomic mass is 9.93. The Hall–Kier alpha value is -0.830. The van der Waals surface area contributed by atoms with Crippen LogP contribution in [0.15, 0.2) is 12.7 Å². The van der Waals surface area contributed by atoms with Gasteiger partial charge in [0.2, 0.25) is 5.91 Å². The van der Waals surface area contributed by atoms with Crippen molar-refractivity contribution in [1.82, 2.24) is 10.2 Å². The second kappa shape index (κ2) is 5.66. The molecule has 0 aromatic carbocycles. The van der Waals surface area contributed by atoms with Crippen LogP contribution in [0.2, 0.25) is 0 Å². The Morgan fingerprint density at radius 3 is 2.74 bits per heavy atom. The summed E-state index contributed by atoms with van der Waals surface area (Å²) in [7, 11) is 0. The van der Waals surface area contributed by atoms with E-state index < -0.39 is 0 Å². The highest BCUT2D eigenvalue weighted by atomic mass is 16.2. The Bertz CT molecular complexity index is 349. The van der Waals surface area contributed by atoms with Gasteiger partial charge >= 0.3 is 0 Å². The van der Waals surface area contributed by atoms with Crippen molar-refractivity contribution in [3.63, 3.8) is 0 Å². The molecule has 3 aliphatic rings. The molecule has 3 nitrogen and oxygen atoms in total. The second-order valence-electron chi connectivity index (χ2n) is 6.46. The minimum Gasteiger partial charge on any atom is -0.335 e. The van der Waals surface area contributed by atoms with E-state index in [-0.39, 0.29) is 6.04 Å². The van der Waals surface area contributed by atoms with Gasteiger partial charge in [-0.25, -0.2) is 0 Å². The largest absolute Gasteiger partial charge is 0.335 e. The number of nitrogens with zero attached hydrogens (tertiary/aromatic N) is 1. The zero-order valence-corrected chi connectivity index (χ0v) is 11.8. The number of hydrogen-bond donors (Lipinski definition) is 1. The first kappa shape index (κ1) is 13.2. The van der Waals surface area contributed by atoms with Gasteiger partial charge in [-0.2, -0.15) is 0 Å². The van der Waals surface area contributed by atoms with Crippen molar-refractivity contribution in [2.24, 2.45) is 11.8 Å². The number of fused-ring (bicyclic) bond motifs is 1. The highest BCUT2D eigenvalue weighted by Gasteiger charge is 2.44. The van der Waals surface area contributed by atoms with Gasteiger partial charge < -0.3 is 10.2 Å². The zero-order chi connectivity index (χ0) is 13.2. The molecule has 1 aliphatic heterocycles. The molecule has 3 unspecified atom stereocenters. The molecule has 1 amide bonds. The molecule has 1 heterocycles. The van der Waals surface area contributed by atoms with Gasteiger partial charge in [0.15, 0.2) is 0 Å². The van der Waals surface area contributed by atoms with E-state index in [0.717, 1.165) is 19.0 Å². The van der Waals surface area contributed by atoms with Crippen molar-refractivity contribution in [2.45, 2.75) is 57.0 Å². The van der Waals surface area contributed by atoms with Crippen LogP contribution in [0.4, 0.5) is 0 Å². The van der Waals surface area contributed by atoms with Gasteiger partial charge in [-0.05, 0) is 44.1 Å². The Balaban J connectivity index is 1.70. The van der Waals surface area contributed by atoms with Crippen molar-refractivity contribution in [2.75, 3.05) is 13.1 Å². The molecule has 1 N–H and O–H groups in total. The zero-order valence-electron chi connectivity index (χ0n) is 11.8. The van der Waals surface area contributed by atoms with E-state index in [0.29, 0.717) is 17.9 Å². The van der Waals surface area contributed by atoms with Crippen LogP contribution in [0.5, 0.6) is 0 Å². The number of rotatable bonds is 4. The molecule has 106 valence electrons. The summed E-state index contributed by atoms with van der Waals surface area (Å²) in [5, 5.41) is 3.50. The Morgan fingerprint density at radius 2 is 2.00 bits per heavy atom. The SMILES string of the molecule is C=CCN(C(=O)C1NCC2CCCC21)C1CCCC1. The molecule has 0 spiro atoms. The van der Waals surface area contributed by atoms with E-state index >= 15 is 0 Å². The van der Waals surface area contributed by atoms with Crippen LogP contribution < -0.4 is 5.32 Å². The van der Waals surface area contributed by atoms with Gasteiger partial charge in [0, 0.05) is 12.6 Å². The van der Waals surface area contributed by atoms with Gasteiger partial charge in [0.1, 0.15) is 0 Å². The molecule has 1 saturated heterocycles. The Kier molecular flexibility index (Phi) is 3.92. The molecular weight excluding hydrogens is 236 g/mol. The molecule has 0 aromatic rings. The maximum atomic E-state index is 12.9. The van der Waals surface area contributed by atoms with Crippen LogP contribution in [-0.4, -0.2) is 36.0 Å². The molecule has 3 fully saturated rings. The van der Waals surface area contributed by atoms with Crippen molar-refractivity contribution in [3.8, 4) is 0 Å². The standard InChI is InChI=1S/C16H26N2O/c1-2-10-18(13-7-3-4-8-13)16(19)15-14-9-5-6-12(14)11-17-15/h2,12-15,17H,1,3-11H2. The first-order valence-corrected chi connectivity index (χ1v) is 7.96. The molecule has 0 radical (unpaired) electrons. The normalized spacial score (nSPS) is 34.4. The van der Waals surface area contributed by atoms with Crippen LogP contribution in [0.1, 0.15) is 44.9 Å². The van der Waals surface area contributed by atoms with E-state index in [1.807, 2.05) is 6.08 Å². The van der Waals surface area contributed by atoms with Crippen LogP contribution >= 0.6 is 0 Å². The predicted molar refractivity (Wildman–Crippen MR) is 76.8 cm³/mol. The number of carbonyl (C=O) groups is 1. The third-order valence-corrected chi connectivity index (χ3v) is 5.39. The van der Waals surface area contributed by atoms with Crippen LogP contribution in [0, 0.1) is 11.8 Å². The van der Waals surface area contributed by atoms with Crippen molar-refractivity contribution < 1.29 is 4.79 Å². The van der Waals surface area contributed by atoms with Gasteiger partial charge in [-0.3, -0.25) is 4.79 Å². The number of carbonyl (C=O) groups excluding carboxylic acids is 1. The quantitative estimate of drug-likeness (QED) is 0.789. The Labute approximate surface area is 116 Å². The molecule has 3 atom stereocenters. The van der Waals surface area contributed by atoms with Crippen LogP contribution in [0.25, 0.3) is 0 Å². The third-order valence-electron chi connectivity index (χ3n) is 5.39. The first-order chi connectivity index (χ1) is 9.31. The molecule has 19 heavy (non-hydrogen) atoms. The van der Waals surface area contributed by atoms with Crippen molar-refractivity contribution in [3.05, 3.63) is 12.7 Å². The van der Waals surface area contributed by atoms with Crippen molar-refractivity contribution in [1.29, 1.82) is 0 Å². The average Bonchev–Trinajstić information content (AvgIpc) is 3.10. The van der Waals surface area contributed by atoms with Gasteiger partial charge in [-0.1, -0.05) is 25.3 Å². The maximum absolute atomic E-state index is 12.9. The average molecular weight is 262 g/mol. The highest BCUT2D eigenvalue weighted by molar-refractivity contribution is 5.83. The van der Waals surface area contributed by atoms with E-state index in [2.05, 4.69) is 16.8 Å². The minimum atomic E-state index is 0.0908. The topological polar surface area (TPSA) is 32.3 Å². The maximum Gasteiger partial charge on any atom is 0.240 e. The summed E-state index contributed by atoms with van der Waals surface area (Å²) >= 11 is 0. The summed E-state index contributed by atoms with van der Waals surface area (Å²) in [6.07, 6.45) is 10.7. The lowest BCUT2D eigenvalue weighted by molar-refractivity contribution is -0.135. The molecular formula is C16H26N2O. The van der Waals surface area contributed by atoms with E-state index in [4.69, 9.17) is 0 Å². The minimum absolute atomic E-state index is 0.0908. The fraction of sp³-hybridized carbons (Fsp3) is 0.812. The monoisotopic (exact) mass is 262 g/mol. The number of hydrogen-bond acceptors (Lipinski definition) is 2. The lowest BCUT2D eigenvalue weighted by Crippen LogP contribution is -2.49. The molecule has 3 heteroatoms. The summed E-state index contributed by atoms with van der Waals surface area (Å²) in [6, 6.07) is 0.556. The fourth-order valence-corrected chi connectivity index (χ4v) is 4.41. The molecule has 0 bridgehead atoms. The molecule has 3 rings (SSSR count). The summed E-state index contributed by atoms with van der Waals surface area (Å²) in [6.45, 7) is 5.60. The summed E-state index contributed by atoms with van der Waals surface area (Å²) in [5.74, 6) is 1.70. The predicted octanol–water partition coefficient (Wildman–Crippen LogP) is 2.33.